The molecule has 114 valence electrons. The molecule has 2 rings (SSSR count). The van der Waals surface area contributed by atoms with E-state index >= 15 is 0 Å². The van der Waals surface area contributed by atoms with E-state index in [0.717, 1.165) is 4.47 Å². The van der Waals surface area contributed by atoms with Crippen molar-refractivity contribution in [1.29, 1.82) is 0 Å². The van der Waals surface area contributed by atoms with Gasteiger partial charge in [-0.2, -0.15) is 4.98 Å². The van der Waals surface area contributed by atoms with Gasteiger partial charge in [0, 0.05) is 16.1 Å². The van der Waals surface area contributed by atoms with Crippen molar-refractivity contribution in [2.45, 2.75) is 32.7 Å². The van der Waals surface area contributed by atoms with Crippen LogP contribution < -0.4 is 5.32 Å². The third kappa shape index (κ3) is 3.49. The molecule has 0 radical (unpaired) electrons. The molecular weight excluding hydrogens is 337 g/mol. The molecule has 0 amide bonds. The quantitative estimate of drug-likeness (QED) is 0.880. The van der Waals surface area contributed by atoms with Gasteiger partial charge >= 0.3 is 0 Å². The van der Waals surface area contributed by atoms with Crippen molar-refractivity contribution >= 4 is 15.9 Å². The predicted octanol–water partition coefficient (Wildman–Crippen LogP) is 3.99. The highest BCUT2D eigenvalue weighted by molar-refractivity contribution is 9.10. The summed E-state index contributed by atoms with van der Waals surface area (Å²) in [5.41, 5.74) is 0.588. The molecular formula is C15H19BrFN3O. The number of halogens is 2. The van der Waals surface area contributed by atoms with Crippen LogP contribution in [0.15, 0.2) is 27.2 Å². The molecule has 0 spiro atoms. The topological polar surface area (TPSA) is 51.0 Å². The number of nitrogens with one attached hydrogen (secondary N) is 1. The fourth-order valence-electron chi connectivity index (χ4n) is 2.40. The standard InChI is InChI=1S/C15H19BrFN3O/c1-8(2)13(9(3)18-4)15-19-14(20-21-15)11-7-10(17)5-6-12(11)16/h5-9,13,18H,1-4H3. The Bertz CT molecular complexity index is 615. The van der Waals surface area contributed by atoms with Gasteiger partial charge in [-0.05, 0) is 38.1 Å². The summed E-state index contributed by atoms with van der Waals surface area (Å²) >= 11 is 3.38. The van der Waals surface area contributed by atoms with Crippen molar-refractivity contribution in [1.82, 2.24) is 15.5 Å². The van der Waals surface area contributed by atoms with Crippen LogP contribution in [0.2, 0.25) is 0 Å². The molecule has 1 aromatic heterocycles. The SMILES string of the molecule is CNC(C)C(c1nc(-c2cc(F)ccc2Br)no1)C(C)C. The van der Waals surface area contributed by atoms with Crippen LogP contribution in [0.1, 0.15) is 32.6 Å². The highest BCUT2D eigenvalue weighted by Crippen LogP contribution is 2.31. The Labute approximate surface area is 132 Å². The highest BCUT2D eigenvalue weighted by Gasteiger charge is 2.28. The van der Waals surface area contributed by atoms with Crippen molar-refractivity contribution in [3.05, 3.63) is 34.4 Å². The van der Waals surface area contributed by atoms with E-state index in [-0.39, 0.29) is 17.8 Å². The lowest BCUT2D eigenvalue weighted by molar-refractivity contribution is 0.286. The number of aromatic nitrogens is 2. The first kappa shape index (κ1) is 16.1. The van der Waals surface area contributed by atoms with Crippen molar-refractivity contribution in [2.75, 3.05) is 7.05 Å². The van der Waals surface area contributed by atoms with Crippen LogP contribution in [0.4, 0.5) is 4.39 Å². The van der Waals surface area contributed by atoms with Gasteiger partial charge in [-0.3, -0.25) is 0 Å². The van der Waals surface area contributed by atoms with Gasteiger partial charge in [0.1, 0.15) is 5.82 Å². The molecule has 4 nitrogen and oxygen atoms in total. The molecule has 0 bridgehead atoms. The Morgan fingerprint density at radius 1 is 1.29 bits per heavy atom. The lowest BCUT2D eigenvalue weighted by atomic mass is 9.89. The average molecular weight is 356 g/mol. The fraction of sp³-hybridized carbons (Fsp3) is 0.467. The van der Waals surface area contributed by atoms with Crippen molar-refractivity contribution in [3.8, 4) is 11.4 Å². The van der Waals surface area contributed by atoms with E-state index in [4.69, 9.17) is 4.52 Å². The number of rotatable bonds is 5. The normalized spacial score (nSPS) is 14.4. The third-order valence-corrected chi connectivity index (χ3v) is 4.30. The zero-order chi connectivity index (χ0) is 15.6. The monoisotopic (exact) mass is 355 g/mol. The first-order chi connectivity index (χ1) is 9.93. The molecule has 1 N–H and O–H groups in total. The maximum absolute atomic E-state index is 13.4. The van der Waals surface area contributed by atoms with Crippen LogP contribution in [0.5, 0.6) is 0 Å². The Morgan fingerprint density at radius 2 is 2.00 bits per heavy atom. The van der Waals surface area contributed by atoms with Gasteiger partial charge in [0.05, 0.1) is 5.92 Å². The van der Waals surface area contributed by atoms with Crippen LogP contribution >= 0.6 is 15.9 Å². The first-order valence-corrected chi connectivity index (χ1v) is 7.69. The molecule has 6 heteroatoms. The number of hydrogen-bond acceptors (Lipinski definition) is 4. The predicted molar refractivity (Wildman–Crippen MR) is 83.5 cm³/mol. The van der Waals surface area contributed by atoms with Crippen LogP contribution in [0.25, 0.3) is 11.4 Å². The maximum Gasteiger partial charge on any atom is 0.231 e. The number of likely N-dealkylation sites (N-methyl/N-ethyl adjacent to an activating group) is 1. The molecule has 0 saturated heterocycles. The molecule has 1 heterocycles. The lowest BCUT2D eigenvalue weighted by Crippen LogP contribution is -2.32. The summed E-state index contributed by atoms with van der Waals surface area (Å²) in [5.74, 6) is 1.08. The van der Waals surface area contributed by atoms with Crippen LogP contribution in [-0.4, -0.2) is 23.2 Å². The average Bonchev–Trinajstić information content (AvgIpc) is 2.90. The molecule has 2 unspecified atom stereocenters. The lowest BCUT2D eigenvalue weighted by Gasteiger charge is -2.23. The van der Waals surface area contributed by atoms with E-state index in [1.54, 1.807) is 6.07 Å². The first-order valence-electron chi connectivity index (χ1n) is 6.90. The molecule has 21 heavy (non-hydrogen) atoms. The van der Waals surface area contributed by atoms with Gasteiger partial charge in [0.2, 0.25) is 11.7 Å². The smallest absolute Gasteiger partial charge is 0.231 e. The van der Waals surface area contributed by atoms with Gasteiger partial charge in [-0.25, -0.2) is 4.39 Å². The highest BCUT2D eigenvalue weighted by atomic mass is 79.9. The Hall–Kier alpha value is -1.27. The molecule has 0 aliphatic heterocycles. The molecule has 0 fully saturated rings. The minimum atomic E-state index is -0.330. The van der Waals surface area contributed by atoms with Crippen LogP contribution in [0, 0.1) is 11.7 Å². The zero-order valence-corrected chi connectivity index (χ0v) is 14.1. The second kappa shape index (κ2) is 6.66. The molecule has 1 aromatic carbocycles. The molecule has 2 aromatic rings. The second-order valence-electron chi connectivity index (χ2n) is 5.43. The van der Waals surface area contributed by atoms with Gasteiger partial charge in [0.15, 0.2) is 0 Å². The van der Waals surface area contributed by atoms with Gasteiger partial charge in [0.25, 0.3) is 0 Å². The van der Waals surface area contributed by atoms with Crippen molar-refractivity contribution in [3.63, 3.8) is 0 Å². The molecule has 0 aliphatic rings. The van der Waals surface area contributed by atoms with Crippen LogP contribution in [-0.2, 0) is 0 Å². The second-order valence-corrected chi connectivity index (χ2v) is 6.28. The molecule has 2 atom stereocenters. The Kier molecular flexibility index (Phi) is 5.11. The number of benzene rings is 1. The summed E-state index contributed by atoms with van der Waals surface area (Å²) in [6.45, 7) is 6.30. The summed E-state index contributed by atoms with van der Waals surface area (Å²) in [7, 11) is 1.90. The Morgan fingerprint density at radius 3 is 2.62 bits per heavy atom. The van der Waals surface area contributed by atoms with Gasteiger partial charge < -0.3 is 9.84 Å². The van der Waals surface area contributed by atoms with Gasteiger partial charge in [-0.15, -0.1) is 0 Å². The van der Waals surface area contributed by atoms with Crippen molar-refractivity contribution in [2.24, 2.45) is 5.92 Å². The minimum Gasteiger partial charge on any atom is -0.339 e. The Balaban J connectivity index is 2.38. The summed E-state index contributed by atoms with van der Waals surface area (Å²) in [4.78, 5) is 4.46. The zero-order valence-electron chi connectivity index (χ0n) is 12.5. The maximum atomic E-state index is 13.4. The third-order valence-electron chi connectivity index (χ3n) is 3.61. The summed E-state index contributed by atoms with van der Waals surface area (Å²) in [6, 6.07) is 4.62. The van der Waals surface area contributed by atoms with Crippen molar-refractivity contribution < 1.29 is 8.91 Å². The number of hydrogen-bond donors (Lipinski definition) is 1. The van der Waals surface area contributed by atoms with E-state index < -0.39 is 0 Å². The largest absolute Gasteiger partial charge is 0.339 e. The molecule has 0 aliphatic carbocycles. The fourth-order valence-corrected chi connectivity index (χ4v) is 2.83. The van der Waals surface area contributed by atoms with E-state index in [2.05, 4.69) is 52.2 Å². The summed E-state index contributed by atoms with van der Waals surface area (Å²) < 4.78 is 19.5. The van der Waals surface area contributed by atoms with E-state index in [9.17, 15) is 4.39 Å². The van der Waals surface area contributed by atoms with Gasteiger partial charge in [-0.1, -0.05) is 34.9 Å². The summed E-state index contributed by atoms with van der Waals surface area (Å²) in [6.07, 6.45) is 0. The van der Waals surface area contributed by atoms with E-state index in [1.807, 2.05) is 7.05 Å². The number of nitrogens with zero attached hydrogens (tertiary/aromatic N) is 2. The summed E-state index contributed by atoms with van der Waals surface area (Å²) in [5, 5.41) is 7.22. The van der Waals surface area contributed by atoms with E-state index in [1.165, 1.54) is 12.1 Å². The molecule has 0 saturated carbocycles. The van der Waals surface area contributed by atoms with Crippen LogP contribution in [0.3, 0.4) is 0 Å². The minimum absolute atomic E-state index is 0.101. The van der Waals surface area contributed by atoms with E-state index in [0.29, 0.717) is 23.2 Å².